The lowest BCUT2D eigenvalue weighted by atomic mass is 10.2. The Morgan fingerprint density at radius 1 is 1.47 bits per heavy atom. The van der Waals surface area contributed by atoms with E-state index in [-0.39, 0.29) is 5.95 Å². The number of ether oxygens (including phenoxy) is 1. The molecule has 0 aliphatic heterocycles. The molecule has 0 bridgehead atoms. The summed E-state index contributed by atoms with van der Waals surface area (Å²) in [7, 11) is 0. The van der Waals surface area contributed by atoms with E-state index in [4.69, 9.17) is 16.3 Å². The average Bonchev–Trinajstić information content (AvgIpc) is 2.70. The second kappa shape index (κ2) is 6.14. The number of hydrogen-bond donors (Lipinski definition) is 0. The number of rotatable bonds is 4. The molecule has 2 nitrogen and oxygen atoms in total. The van der Waals surface area contributed by atoms with Crippen molar-refractivity contribution in [3.05, 3.63) is 59.1 Å². The summed E-state index contributed by atoms with van der Waals surface area (Å²) >= 11 is 5.97. The molecule has 0 N–H and O–H groups in total. The maximum atomic E-state index is 10.9. The molecule has 0 spiro atoms. The van der Waals surface area contributed by atoms with Gasteiger partial charge in [-0.2, -0.15) is 0 Å². The molecule has 1 rings (SSSR count). The minimum atomic E-state index is -0.360. The molecule has 0 radical (unpaired) electrons. The first-order chi connectivity index (χ1) is 7.24. The van der Waals surface area contributed by atoms with Crippen molar-refractivity contribution in [2.24, 2.45) is 0 Å². The number of halogens is 1. The predicted molar refractivity (Wildman–Crippen MR) is 60.0 cm³/mol. The normalized spacial score (nSPS) is 15.3. The van der Waals surface area contributed by atoms with Crippen LogP contribution in [-0.4, -0.2) is 6.61 Å². The van der Waals surface area contributed by atoms with Gasteiger partial charge in [0.25, 0.3) is 0 Å². The average molecular weight is 224 g/mol. The van der Waals surface area contributed by atoms with Crippen molar-refractivity contribution < 1.29 is 9.84 Å². The molecule has 0 fully saturated rings. The summed E-state index contributed by atoms with van der Waals surface area (Å²) in [6.45, 7) is 2.14. The van der Waals surface area contributed by atoms with Crippen LogP contribution in [0.15, 0.2) is 59.1 Å². The number of allylic oxidation sites excluding steroid dienone is 9. The summed E-state index contributed by atoms with van der Waals surface area (Å²) < 4.78 is 4.72. The summed E-state index contributed by atoms with van der Waals surface area (Å²) in [5.74, 6) is -0.360. The molecule has 80 valence electrons. The third-order valence-electron chi connectivity index (χ3n) is 1.70. The Balaban J connectivity index is 2.58. The van der Waals surface area contributed by atoms with Crippen LogP contribution < -0.4 is 5.11 Å². The second-order valence-electron chi connectivity index (χ2n) is 2.80. The second-order valence-corrected chi connectivity index (χ2v) is 3.21. The lowest BCUT2D eigenvalue weighted by molar-refractivity contribution is -0.356. The molecule has 0 saturated carbocycles. The van der Waals surface area contributed by atoms with E-state index >= 15 is 0 Å². The summed E-state index contributed by atoms with van der Waals surface area (Å²) in [6, 6.07) is 0. The van der Waals surface area contributed by atoms with Gasteiger partial charge < -0.3 is 9.84 Å². The van der Waals surface area contributed by atoms with Crippen molar-refractivity contribution in [3.63, 3.8) is 0 Å². The molecule has 15 heavy (non-hydrogen) atoms. The van der Waals surface area contributed by atoms with E-state index in [0.717, 1.165) is 5.57 Å². The van der Waals surface area contributed by atoms with Crippen LogP contribution in [-0.2, 0) is 4.74 Å². The molecule has 0 aromatic heterocycles. The SMILES string of the molecule is CCO/C([O-])=C/C=C/C(Cl)=C1C=CC=C1. The van der Waals surface area contributed by atoms with Crippen LogP contribution in [0.1, 0.15) is 6.92 Å². The van der Waals surface area contributed by atoms with Gasteiger partial charge in [0.2, 0.25) is 0 Å². The fourth-order valence-corrected chi connectivity index (χ4v) is 1.23. The molecule has 0 amide bonds. The Bertz CT molecular complexity index is 346. The monoisotopic (exact) mass is 223 g/mol. The lowest BCUT2D eigenvalue weighted by Crippen LogP contribution is -2.06. The number of hydrogen-bond acceptors (Lipinski definition) is 2. The van der Waals surface area contributed by atoms with Crippen molar-refractivity contribution in [3.8, 4) is 0 Å². The first-order valence-electron chi connectivity index (χ1n) is 4.66. The van der Waals surface area contributed by atoms with E-state index in [2.05, 4.69) is 0 Å². The van der Waals surface area contributed by atoms with E-state index in [9.17, 15) is 5.11 Å². The zero-order valence-corrected chi connectivity index (χ0v) is 9.20. The molecule has 0 atom stereocenters. The van der Waals surface area contributed by atoms with Crippen LogP contribution in [0.2, 0.25) is 0 Å². The maximum absolute atomic E-state index is 10.9. The van der Waals surface area contributed by atoms with Gasteiger partial charge in [-0.25, -0.2) is 0 Å². The Hall–Kier alpha value is -1.41. The standard InChI is InChI=1S/C12H13ClO2/c1-2-15-12(14)9-5-8-11(13)10-6-3-4-7-10/h3-9,14H,2H2,1H3/p-1/b8-5+,12-9+. The highest BCUT2D eigenvalue weighted by molar-refractivity contribution is 6.32. The van der Waals surface area contributed by atoms with E-state index < -0.39 is 0 Å². The third kappa shape index (κ3) is 4.09. The minimum absolute atomic E-state index is 0.360. The third-order valence-corrected chi connectivity index (χ3v) is 2.04. The minimum Gasteiger partial charge on any atom is -0.614 e. The highest BCUT2D eigenvalue weighted by Gasteiger charge is 1.96. The maximum Gasteiger partial charge on any atom is 0.0512 e. The van der Waals surface area contributed by atoms with E-state index in [1.54, 1.807) is 19.1 Å². The summed E-state index contributed by atoms with van der Waals surface area (Å²) in [6.07, 6.45) is 12.2. The fraction of sp³-hybridized carbons (Fsp3) is 0.167. The molecule has 0 heterocycles. The van der Waals surface area contributed by atoms with Crippen molar-refractivity contribution in [1.82, 2.24) is 0 Å². The summed E-state index contributed by atoms with van der Waals surface area (Å²) in [5.41, 5.74) is 0.935. The highest BCUT2D eigenvalue weighted by Crippen LogP contribution is 2.17. The highest BCUT2D eigenvalue weighted by atomic mass is 35.5. The van der Waals surface area contributed by atoms with Crippen LogP contribution in [0.3, 0.4) is 0 Å². The molecular weight excluding hydrogens is 212 g/mol. The van der Waals surface area contributed by atoms with Gasteiger partial charge >= 0.3 is 0 Å². The van der Waals surface area contributed by atoms with Crippen LogP contribution in [0.25, 0.3) is 0 Å². The van der Waals surface area contributed by atoms with Gasteiger partial charge in [-0.3, -0.25) is 0 Å². The first kappa shape index (κ1) is 11.7. The molecule has 0 aromatic carbocycles. The van der Waals surface area contributed by atoms with Gasteiger partial charge in [-0.1, -0.05) is 48.9 Å². The largest absolute Gasteiger partial charge is 0.614 e. The van der Waals surface area contributed by atoms with Gasteiger partial charge in [-0.15, -0.1) is 0 Å². The van der Waals surface area contributed by atoms with Gasteiger partial charge in [0, 0.05) is 5.03 Å². The topological polar surface area (TPSA) is 32.3 Å². The van der Waals surface area contributed by atoms with Crippen LogP contribution >= 0.6 is 11.6 Å². The molecule has 1 aliphatic rings. The quantitative estimate of drug-likeness (QED) is 0.542. The first-order valence-corrected chi connectivity index (χ1v) is 5.04. The van der Waals surface area contributed by atoms with E-state index in [0.29, 0.717) is 11.6 Å². The van der Waals surface area contributed by atoms with Crippen LogP contribution in [0, 0.1) is 0 Å². The Morgan fingerprint density at radius 3 is 2.73 bits per heavy atom. The summed E-state index contributed by atoms with van der Waals surface area (Å²) in [5, 5.41) is 11.5. The van der Waals surface area contributed by atoms with Crippen LogP contribution in [0.5, 0.6) is 0 Å². The van der Waals surface area contributed by atoms with Crippen molar-refractivity contribution >= 4 is 11.6 Å². The molecule has 0 saturated heterocycles. The fourth-order valence-electron chi connectivity index (χ4n) is 1.03. The van der Waals surface area contributed by atoms with Gasteiger partial charge in [-0.05, 0) is 24.3 Å². The van der Waals surface area contributed by atoms with E-state index in [1.807, 2.05) is 24.3 Å². The Morgan fingerprint density at radius 2 is 2.13 bits per heavy atom. The molecule has 3 heteroatoms. The van der Waals surface area contributed by atoms with Gasteiger partial charge in [0.15, 0.2) is 0 Å². The molecule has 1 aliphatic carbocycles. The lowest BCUT2D eigenvalue weighted by Gasteiger charge is -2.10. The molecule has 0 aromatic rings. The smallest absolute Gasteiger partial charge is 0.0512 e. The Kier molecular flexibility index (Phi) is 4.78. The molecule has 0 unspecified atom stereocenters. The summed E-state index contributed by atoms with van der Waals surface area (Å²) in [4.78, 5) is 0. The zero-order valence-electron chi connectivity index (χ0n) is 8.44. The van der Waals surface area contributed by atoms with Crippen molar-refractivity contribution in [2.45, 2.75) is 6.92 Å². The Labute approximate surface area is 94.5 Å². The van der Waals surface area contributed by atoms with Crippen molar-refractivity contribution in [1.29, 1.82) is 0 Å². The van der Waals surface area contributed by atoms with Crippen molar-refractivity contribution in [2.75, 3.05) is 6.61 Å². The van der Waals surface area contributed by atoms with Gasteiger partial charge in [0.1, 0.15) is 0 Å². The van der Waals surface area contributed by atoms with E-state index in [1.165, 1.54) is 6.08 Å². The van der Waals surface area contributed by atoms with Crippen LogP contribution in [0.4, 0.5) is 0 Å². The predicted octanol–water partition coefficient (Wildman–Crippen LogP) is 2.40. The van der Waals surface area contributed by atoms with Gasteiger partial charge in [0.05, 0.1) is 5.95 Å². The zero-order chi connectivity index (χ0) is 11.1. The molecular formula is C12H12ClO2-.